The van der Waals surface area contributed by atoms with Gasteiger partial charge in [-0.15, -0.1) is 0 Å². The summed E-state index contributed by atoms with van der Waals surface area (Å²) in [5.41, 5.74) is 2.59. The number of ketones is 4. The Hall–Kier alpha value is -2.95. The number of hydrogen-bond donors (Lipinski definition) is 4. The summed E-state index contributed by atoms with van der Waals surface area (Å²) in [6, 6.07) is 1.99. The lowest BCUT2D eigenvalue weighted by Gasteiger charge is -2.56. The van der Waals surface area contributed by atoms with Crippen LogP contribution in [0.1, 0.15) is 55.1 Å². The third-order valence-electron chi connectivity index (χ3n) is 8.30. The van der Waals surface area contributed by atoms with E-state index in [1.165, 1.54) is 19.0 Å². The lowest BCUT2D eigenvalue weighted by Crippen LogP contribution is -2.77. The molecule has 5 N–H and O–H groups in total. The second-order valence-electron chi connectivity index (χ2n) is 11.5. The average molecular weight is 501 g/mol. The molecule has 4 rings (SSSR count). The molecule has 1 aromatic carbocycles. The van der Waals surface area contributed by atoms with Crippen LogP contribution in [0.25, 0.3) is 0 Å². The molecule has 1 aromatic rings. The number of Topliss-reactive ketones (excluding diaryl/α,β-unsaturated/α-hetero) is 4. The van der Waals surface area contributed by atoms with E-state index in [9.17, 15) is 39.3 Å². The highest BCUT2D eigenvalue weighted by molar-refractivity contribution is 6.32. The van der Waals surface area contributed by atoms with Crippen molar-refractivity contribution < 1.29 is 39.3 Å². The molecule has 0 saturated heterocycles. The van der Waals surface area contributed by atoms with Gasteiger partial charge in [0.15, 0.2) is 34.7 Å². The molecule has 3 aliphatic rings. The molecule has 6 unspecified atom stereocenters. The summed E-state index contributed by atoms with van der Waals surface area (Å²) in [6.45, 7) is 7.23. The van der Waals surface area contributed by atoms with E-state index in [0.717, 1.165) is 0 Å². The second-order valence-corrected chi connectivity index (χ2v) is 11.5. The van der Waals surface area contributed by atoms with Crippen molar-refractivity contribution in [2.24, 2.45) is 29.4 Å². The SMILES string of the molecule is CC1c2ccc(C(C)(C)C)c(O)c2C(=O)C2C(=O)[C@]3(O)C(=O)C(C(N)=O)C(=O)[C@@H](N(C)C)C3C(O)C21. The number of amides is 1. The fraction of sp³-hybridized carbons (Fsp3) is 0.577. The molecule has 0 spiro atoms. The number of aromatic hydroxyl groups is 1. The normalized spacial score (nSPS) is 36.4. The zero-order valence-electron chi connectivity index (χ0n) is 21.1. The number of aliphatic hydroxyl groups is 2. The van der Waals surface area contributed by atoms with Crippen molar-refractivity contribution >= 4 is 29.0 Å². The van der Waals surface area contributed by atoms with Crippen LogP contribution in [0.15, 0.2) is 12.1 Å². The Morgan fingerprint density at radius 2 is 1.67 bits per heavy atom. The summed E-state index contributed by atoms with van der Waals surface area (Å²) in [4.78, 5) is 67.6. The van der Waals surface area contributed by atoms with Crippen LogP contribution in [0.3, 0.4) is 0 Å². The molecule has 10 heteroatoms. The minimum absolute atomic E-state index is 0.0891. The smallest absolute Gasteiger partial charge is 0.235 e. The van der Waals surface area contributed by atoms with E-state index in [-0.39, 0.29) is 11.3 Å². The molecule has 3 aliphatic carbocycles. The number of primary amides is 1. The van der Waals surface area contributed by atoms with Gasteiger partial charge in [0.05, 0.1) is 29.5 Å². The van der Waals surface area contributed by atoms with E-state index in [0.29, 0.717) is 11.1 Å². The average Bonchev–Trinajstić information content (AvgIpc) is 2.75. The number of likely N-dealkylation sites (N-methyl/N-ethyl adjacent to an activating group) is 1. The quantitative estimate of drug-likeness (QED) is 0.397. The van der Waals surface area contributed by atoms with Gasteiger partial charge >= 0.3 is 0 Å². The zero-order chi connectivity index (χ0) is 27.2. The van der Waals surface area contributed by atoms with Crippen LogP contribution in [-0.2, 0) is 24.6 Å². The molecular weight excluding hydrogens is 468 g/mol. The maximum Gasteiger partial charge on any atom is 0.235 e. The van der Waals surface area contributed by atoms with Crippen LogP contribution in [0.5, 0.6) is 5.75 Å². The second kappa shape index (κ2) is 8.03. The van der Waals surface area contributed by atoms with Crippen molar-refractivity contribution in [2.75, 3.05) is 14.1 Å². The number of carbonyl (C=O) groups is 5. The Balaban J connectivity index is 1.96. The number of nitrogens with two attached hydrogens (primary N) is 1. The number of hydrogen-bond acceptors (Lipinski definition) is 9. The van der Waals surface area contributed by atoms with Crippen LogP contribution in [-0.4, -0.2) is 81.1 Å². The van der Waals surface area contributed by atoms with Crippen molar-refractivity contribution in [3.63, 3.8) is 0 Å². The molecule has 0 heterocycles. The van der Waals surface area contributed by atoms with Crippen LogP contribution >= 0.6 is 0 Å². The van der Waals surface area contributed by atoms with Gasteiger partial charge in [-0.2, -0.15) is 0 Å². The minimum atomic E-state index is -2.99. The standard InChI is InChI=1S/C26H32N2O8/c1-9-10-7-8-11(25(2,3)4)18(29)13(10)19(30)14-12(9)20(31)16-17(28(5)6)21(32)15(24(27)35)23(34)26(16,36)22(14)33/h7-9,12,14-17,20,29,31,36H,1-6H3,(H2,27,35)/t9?,12?,14?,15?,16?,17-,20?,26-/m0/s1. The molecule has 0 bridgehead atoms. The van der Waals surface area contributed by atoms with Crippen molar-refractivity contribution in [1.82, 2.24) is 4.90 Å². The molecule has 0 aliphatic heterocycles. The molecule has 0 radical (unpaired) electrons. The summed E-state index contributed by atoms with van der Waals surface area (Å²) < 4.78 is 0. The number of aliphatic hydroxyl groups excluding tert-OH is 1. The fourth-order valence-electron chi connectivity index (χ4n) is 6.59. The first-order valence-electron chi connectivity index (χ1n) is 11.9. The van der Waals surface area contributed by atoms with Crippen LogP contribution in [0.4, 0.5) is 0 Å². The molecule has 8 atom stereocenters. The van der Waals surface area contributed by atoms with Gasteiger partial charge in [0.1, 0.15) is 5.75 Å². The van der Waals surface area contributed by atoms with Gasteiger partial charge < -0.3 is 21.1 Å². The van der Waals surface area contributed by atoms with Crippen LogP contribution in [0, 0.1) is 23.7 Å². The molecule has 2 saturated carbocycles. The summed E-state index contributed by atoms with van der Waals surface area (Å²) in [6.07, 6.45) is -1.64. The Labute approximate surface area is 208 Å². The van der Waals surface area contributed by atoms with E-state index in [1.807, 2.05) is 20.8 Å². The largest absolute Gasteiger partial charge is 0.507 e. The number of rotatable bonds is 2. The first-order chi connectivity index (χ1) is 16.5. The number of benzene rings is 1. The van der Waals surface area contributed by atoms with E-state index in [2.05, 4.69) is 0 Å². The summed E-state index contributed by atoms with van der Waals surface area (Å²) in [5, 5.41) is 34.3. The lowest BCUT2D eigenvalue weighted by atomic mass is 9.49. The van der Waals surface area contributed by atoms with Crippen molar-refractivity contribution in [1.29, 1.82) is 0 Å². The Kier molecular flexibility index (Phi) is 5.82. The van der Waals surface area contributed by atoms with E-state index < -0.39 is 81.8 Å². The number of fused-ring (bicyclic) bond motifs is 3. The highest BCUT2D eigenvalue weighted by atomic mass is 16.3. The molecule has 36 heavy (non-hydrogen) atoms. The predicted octanol–water partition coefficient (Wildman–Crippen LogP) is -0.304. The van der Waals surface area contributed by atoms with E-state index in [4.69, 9.17) is 5.73 Å². The van der Waals surface area contributed by atoms with Crippen molar-refractivity contribution in [2.45, 2.75) is 56.8 Å². The number of phenolic OH excluding ortho intramolecular Hbond substituents is 1. The van der Waals surface area contributed by atoms with Gasteiger partial charge in [0.2, 0.25) is 5.91 Å². The highest BCUT2D eigenvalue weighted by Crippen LogP contribution is 2.55. The molecule has 194 valence electrons. The molecule has 1 amide bonds. The first-order valence-corrected chi connectivity index (χ1v) is 11.9. The van der Waals surface area contributed by atoms with Gasteiger partial charge in [-0.1, -0.05) is 39.8 Å². The van der Waals surface area contributed by atoms with Gasteiger partial charge in [-0.3, -0.25) is 28.9 Å². The van der Waals surface area contributed by atoms with Crippen LogP contribution in [0.2, 0.25) is 0 Å². The monoisotopic (exact) mass is 500 g/mol. The van der Waals surface area contributed by atoms with E-state index in [1.54, 1.807) is 19.1 Å². The summed E-state index contributed by atoms with van der Waals surface area (Å²) in [7, 11) is 2.91. The fourth-order valence-corrected chi connectivity index (χ4v) is 6.59. The lowest BCUT2D eigenvalue weighted by molar-refractivity contribution is -0.196. The van der Waals surface area contributed by atoms with Crippen molar-refractivity contribution in [3.05, 3.63) is 28.8 Å². The Bertz CT molecular complexity index is 1220. The maximum atomic E-state index is 13.9. The zero-order valence-corrected chi connectivity index (χ0v) is 21.1. The predicted molar refractivity (Wildman–Crippen MR) is 126 cm³/mol. The van der Waals surface area contributed by atoms with Gasteiger partial charge in [-0.05, 0) is 36.6 Å². The minimum Gasteiger partial charge on any atom is -0.507 e. The number of phenols is 1. The summed E-state index contributed by atoms with van der Waals surface area (Å²) >= 11 is 0. The Morgan fingerprint density at radius 1 is 1.08 bits per heavy atom. The third kappa shape index (κ3) is 3.17. The number of carbonyl (C=O) groups excluding carboxylic acids is 5. The highest BCUT2D eigenvalue weighted by Gasteiger charge is 2.72. The number of nitrogens with zero attached hydrogens (tertiary/aromatic N) is 1. The molecule has 0 aromatic heterocycles. The van der Waals surface area contributed by atoms with Gasteiger partial charge in [0.25, 0.3) is 0 Å². The summed E-state index contributed by atoms with van der Waals surface area (Å²) in [5.74, 6) is -13.1. The Morgan fingerprint density at radius 3 is 2.17 bits per heavy atom. The first kappa shape index (κ1) is 26.1. The topological polar surface area (TPSA) is 175 Å². The molecule has 10 nitrogen and oxygen atoms in total. The maximum absolute atomic E-state index is 13.9. The van der Waals surface area contributed by atoms with Crippen LogP contribution < -0.4 is 5.73 Å². The third-order valence-corrected chi connectivity index (χ3v) is 8.30. The van der Waals surface area contributed by atoms with Gasteiger partial charge in [0, 0.05) is 5.92 Å². The van der Waals surface area contributed by atoms with E-state index >= 15 is 0 Å². The molecular formula is C26H32N2O8. The van der Waals surface area contributed by atoms with Gasteiger partial charge in [-0.25, -0.2) is 0 Å². The molecule has 2 fully saturated rings. The van der Waals surface area contributed by atoms with Crippen molar-refractivity contribution in [3.8, 4) is 5.75 Å².